The topological polar surface area (TPSA) is 0 Å². The summed E-state index contributed by atoms with van der Waals surface area (Å²) in [6, 6.07) is 0. The summed E-state index contributed by atoms with van der Waals surface area (Å²) in [6.07, 6.45) is 0. The molecule has 2 radical (unpaired) electrons. The van der Waals surface area contributed by atoms with E-state index in [9.17, 15) is 0 Å². The van der Waals surface area contributed by atoms with Gasteiger partial charge in [-0.1, -0.05) is 0 Å². The van der Waals surface area contributed by atoms with Crippen molar-refractivity contribution in [3.63, 3.8) is 0 Å². The molecule has 0 aliphatic rings. The van der Waals surface area contributed by atoms with Crippen molar-refractivity contribution in [2.45, 2.75) is 0 Å². The van der Waals surface area contributed by atoms with E-state index in [0.29, 0.717) is 0 Å². The molecule has 0 bridgehead atoms. The third-order valence-electron chi connectivity index (χ3n) is 0. The first-order chi connectivity index (χ1) is 1.00. The Bertz CT molecular complexity index is 19.7. The molecule has 0 aromatic heterocycles. The Kier molecular flexibility index (Phi) is 211. The minimum atomic E-state index is 0. The van der Waals surface area contributed by atoms with Crippen molar-refractivity contribution in [2.75, 3.05) is 0 Å². The zero-order chi connectivity index (χ0) is 2.00. The molecule has 0 aliphatic carbocycles. The Morgan fingerprint density at radius 3 is 1.33 bits per heavy atom. The Morgan fingerprint density at radius 2 is 1.33 bits per heavy atom. The molecule has 6 heavy (non-hydrogen) atoms. The molecule has 0 saturated carbocycles. The molecule has 0 amide bonds. The molecule has 0 spiro atoms. The van der Waals surface area contributed by atoms with Crippen molar-refractivity contribution in [1.82, 2.24) is 0 Å². The monoisotopic (exact) mass is 372 g/mol. The maximum atomic E-state index is 3.06. The summed E-state index contributed by atoms with van der Waals surface area (Å²) in [5.41, 5.74) is 0. The minimum Gasteiger partial charge on any atom is 0 e. The summed E-state index contributed by atoms with van der Waals surface area (Å²) >= 11 is 5.75. The van der Waals surface area contributed by atoms with Gasteiger partial charge in [0.15, 0.2) is 0 Å². The third kappa shape index (κ3) is 25.4. The molecule has 43 valence electrons. The van der Waals surface area contributed by atoms with Gasteiger partial charge in [-0.05, 0) is 0 Å². The SMILES string of the molecule is [Co].[Cu].[H+].[Mn][Fe].[Ti].[Zr]. The summed E-state index contributed by atoms with van der Waals surface area (Å²) < 4.78 is 0. The van der Waals surface area contributed by atoms with E-state index >= 15 is 0 Å². The smallest absolute Gasteiger partial charge is 0 e. The second kappa shape index (κ2) is 37.9. The fourth-order valence-corrected chi connectivity index (χ4v) is 0. The number of rotatable bonds is 0. The van der Waals surface area contributed by atoms with E-state index in [1.807, 2.05) is 0 Å². The maximum absolute atomic E-state index is 3.06. The number of hydrogen-bond acceptors (Lipinski definition) is 0. The third-order valence-corrected chi connectivity index (χ3v) is 0. The first kappa shape index (κ1) is 33.4. The molecule has 0 N–H and O–H groups in total. The van der Waals surface area contributed by atoms with Crippen molar-refractivity contribution in [1.29, 1.82) is 0 Å². The normalized spacial score (nSPS) is 1.00. The Labute approximate surface area is 109 Å². The van der Waals surface area contributed by atoms with Gasteiger partial charge in [-0.25, -0.2) is 0 Å². The van der Waals surface area contributed by atoms with Gasteiger partial charge in [-0.2, -0.15) is 0 Å². The van der Waals surface area contributed by atoms with E-state index in [2.05, 4.69) is 28.4 Å². The van der Waals surface area contributed by atoms with E-state index < -0.39 is 0 Å². The summed E-state index contributed by atoms with van der Waals surface area (Å²) in [5.74, 6) is 0. The predicted octanol–water partition coefficient (Wildman–Crippen LogP) is 0.0975. The van der Waals surface area contributed by atoms with E-state index in [0.717, 1.165) is 0 Å². The van der Waals surface area contributed by atoms with E-state index in [1.165, 1.54) is 0 Å². The molecule has 0 aromatic carbocycles. The van der Waals surface area contributed by atoms with Crippen molar-refractivity contribution >= 4 is 0 Å². The largest absolute Gasteiger partial charge is 0 e. The molecule has 0 saturated heterocycles. The van der Waals surface area contributed by atoms with Crippen LogP contribution in [0.25, 0.3) is 0 Å². The van der Waals surface area contributed by atoms with Crippen LogP contribution < -0.4 is 0 Å². The van der Waals surface area contributed by atoms with Crippen LogP contribution in [-0.4, -0.2) is 0 Å². The Morgan fingerprint density at radius 1 is 1.33 bits per heavy atom. The van der Waals surface area contributed by atoms with Crippen LogP contribution in [0.15, 0.2) is 0 Å². The second-order valence-electron chi connectivity index (χ2n) is 0. The van der Waals surface area contributed by atoms with Crippen LogP contribution in [-0.2, 0) is 110 Å². The van der Waals surface area contributed by atoms with Gasteiger partial charge in [-0.3, -0.25) is 0 Å². The van der Waals surface area contributed by atoms with Crippen molar-refractivity contribution in [3.8, 4) is 0 Å². The zero-order valence-corrected chi connectivity index (χ0v) is 10.7. The van der Waals surface area contributed by atoms with Crippen LogP contribution in [0.2, 0.25) is 0 Å². The van der Waals surface area contributed by atoms with Gasteiger partial charge >= 0.3 is 29.8 Å². The van der Waals surface area contributed by atoms with Gasteiger partial charge in [-0.15, -0.1) is 0 Å². The average Bonchev–Trinajstić information content (AvgIpc) is 1.00. The van der Waals surface area contributed by atoms with Gasteiger partial charge in [0.2, 0.25) is 0 Å². The molecule has 0 fully saturated rings. The molecule has 0 unspecified atom stereocenters. The Hall–Kier alpha value is 3.66. The first-order valence-corrected chi connectivity index (χ1v) is 2.27. The fourth-order valence-electron chi connectivity index (χ4n) is 0. The maximum Gasteiger partial charge on any atom is 0 e. The van der Waals surface area contributed by atoms with Gasteiger partial charge in [0.25, 0.3) is 0 Å². The van der Waals surface area contributed by atoms with Gasteiger partial charge in [0.1, 0.15) is 0 Å². The van der Waals surface area contributed by atoms with Gasteiger partial charge in [0.05, 0.1) is 0 Å². The van der Waals surface area contributed by atoms with E-state index in [4.69, 9.17) is 0 Å². The molecule has 6 heteroatoms. The van der Waals surface area contributed by atoms with Crippen LogP contribution in [0.5, 0.6) is 0 Å². The summed E-state index contributed by atoms with van der Waals surface area (Å²) in [5, 5.41) is 0. The molecule has 0 heterocycles. The van der Waals surface area contributed by atoms with E-state index in [1.54, 1.807) is 0 Å². The van der Waals surface area contributed by atoms with Crippen LogP contribution in [0.3, 0.4) is 0 Å². The van der Waals surface area contributed by atoms with Crippen molar-refractivity contribution in [3.05, 3.63) is 0 Å². The van der Waals surface area contributed by atoms with Crippen LogP contribution in [0.1, 0.15) is 1.43 Å². The quantitative estimate of drug-likeness (QED) is 0.529. The van der Waals surface area contributed by atoms with Crippen molar-refractivity contribution in [2.24, 2.45) is 0 Å². The summed E-state index contributed by atoms with van der Waals surface area (Å²) in [4.78, 5) is 0. The van der Waals surface area contributed by atoms with Crippen LogP contribution in [0.4, 0.5) is 0 Å². The number of hydrogen-bond donors (Lipinski definition) is 0. The second-order valence-corrected chi connectivity index (χ2v) is 0. The Balaban J connectivity index is -0.000000000500. The zero-order valence-electron chi connectivity index (χ0n) is 3.37. The fraction of sp³-hybridized carbons (Fsp3) is 0. The predicted molar refractivity (Wildman–Crippen MR) is 1.11 cm³/mol. The van der Waals surface area contributed by atoms with Crippen molar-refractivity contribution < 1.29 is 112 Å². The van der Waals surface area contributed by atoms with Crippen LogP contribution in [0, 0.1) is 0 Å². The molecular weight excluding hydrogens is 372 g/mol. The summed E-state index contributed by atoms with van der Waals surface area (Å²) in [7, 11) is 0. The first-order valence-electron chi connectivity index (χ1n) is 0.134. The van der Waals surface area contributed by atoms with E-state index in [-0.39, 0.29) is 83.2 Å². The molecular formula is HCoCuFeMnTiZr+. The molecule has 0 nitrogen and oxygen atoms in total. The molecule has 0 atom stereocenters. The van der Waals surface area contributed by atoms with Gasteiger partial charge < -0.3 is 0 Å². The summed E-state index contributed by atoms with van der Waals surface area (Å²) in [6.45, 7) is 0. The average molecular weight is 373 g/mol. The molecule has 0 aliphatic heterocycles. The van der Waals surface area contributed by atoms with Gasteiger partial charge in [0, 0.05) is 81.8 Å². The van der Waals surface area contributed by atoms with Crippen LogP contribution >= 0.6 is 0 Å². The minimum absolute atomic E-state index is 0. The molecule has 0 rings (SSSR count). The molecule has 0 aromatic rings. The standard InChI is InChI=1S/Co.Cu.Fe.Mn.Ti.Zr/p+1.